The van der Waals surface area contributed by atoms with Gasteiger partial charge in [-0.25, -0.2) is 0 Å². The van der Waals surface area contributed by atoms with Crippen molar-refractivity contribution in [1.82, 2.24) is 10.2 Å². The molecule has 0 aromatic carbocycles. The molecule has 0 aromatic rings. The standard InChI is InChI=1S/C54H102N2O7S2.CH2O2/c1-48(2)26-24-28-50(5)32-40-62-53(57)30-18-12-8-7-10-16-22-38-60-47-52(46-55-34-44-64-65-45-43-59-42-37-56-35-20-14-15-21-36-56)61-39-23-17-11-9-13-19-31-54(58)63-41-33-51(6)29-25-27-49(3)4;2-1-3/h26-27,50-52,55H,7-25,28-47H2,1-6H3;1H,(H,2,3). The summed E-state index contributed by atoms with van der Waals surface area (Å²) >= 11 is 0. The van der Waals surface area contributed by atoms with Gasteiger partial charge in [-0.15, -0.1) is 0 Å². The first-order valence-corrected chi connectivity index (χ1v) is 29.7. The molecule has 0 amide bonds. The van der Waals surface area contributed by atoms with Gasteiger partial charge in [0, 0.05) is 57.2 Å². The minimum Gasteiger partial charge on any atom is -0.483 e. The third-order valence-electron chi connectivity index (χ3n) is 12.2. The molecule has 1 aliphatic rings. The highest BCUT2D eigenvalue weighted by molar-refractivity contribution is 8.76. The first-order chi connectivity index (χ1) is 33.1. The number of likely N-dealkylation sites (tertiary alicyclic amines) is 1. The minimum absolute atomic E-state index is 0.0382. The lowest BCUT2D eigenvalue weighted by molar-refractivity contribution is -0.145. The molecule has 1 heterocycles. The Balaban J connectivity index is 0.0000145. The van der Waals surface area contributed by atoms with E-state index in [9.17, 15) is 9.59 Å². The van der Waals surface area contributed by atoms with Crippen LogP contribution in [-0.4, -0.2) is 125 Å². The highest BCUT2D eigenvalue weighted by Crippen LogP contribution is 2.20. The highest BCUT2D eigenvalue weighted by atomic mass is 33.1. The van der Waals surface area contributed by atoms with Crippen LogP contribution >= 0.6 is 21.6 Å². The molecule has 1 aliphatic heterocycles. The summed E-state index contributed by atoms with van der Waals surface area (Å²) in [6.45, 7) is 23.0. The Hall–Kier alpha value is -1.61. The summed E-state index contributed by atoms with van der Waals surface area (Å²) in [7, 11) is 3.83. The van der Waals surface area contributed by atoms with Gasteiger partial charge in [0.15, 0.2) is 0 Å². The number of carbonyl (C=O) groups excluding carboxylic acids is 2. The Morgan fingerprint density at radius 2 is 1.09 bits per heavy atom. The fourth-order valence-corrected chi connectivity index (χ4v) is 9.61. The van der Waals surface area contributed by atoms with Crippen LogP contribution in [0.5, 0.6) is 0 Å². The van der Waals surface area contributed by atoms with E-state index < -0.39 is 0 Å². The summed E-state index contributed by atoms with van der Waals surface area (Å²) in [5.74, 6) is 3.17. The zero-order chi connectivity index (χ0) is 50.0. The summed E-state index contributed by atoms with van der Waals surface area (Å²) in [6.07, 6.45) is 31.9. The Morgan fingerprint density at radius 3 is 1.62 bits per heavy atom. The van der Waals surface area contributed by atoms with E-state index in [-0.39, 0.29) is 24.5 Å². The Labute approximate surface area is 425 Å². The van der Waals surface area contributed by atoms with Gasteiger partial charge in [0.05, 0.1) is 39.1 Å². The van der Waals surface area contributed by atoms with Crippen LogP contribution in [0.3, 0.4) is 0 Å². The molecule has 68 heavy (non-hydrogen) atoms. The summed E-state index contributed by atoms with van der Waals surface area (Å²) in [5.41, 5.74) is 2.74. The van der Waals surface area contributed by atoms with Gasteiger partial charge in [-0.3, -0.25) is 14.4 Å². The summed E-state index contributed by atoms with van der Waals surface area (Å²) in [6, 6.07) is 0. The van der Waals surface area contributed by atoms with Crippen molar-refractivity contribution in [2.45, 2.75) is 208 Å². The number of rotatable bonds is 46. The number of unbranched alkanes of at least 4 members (excludes halogenated alkanes) is 11. The van der Waals surface area contributed by atoms with Gasteiger partial charge in [0.2, 0.25) is 0 Å². The maximum Gasteiger partial charge on any atom is 0.305 e. The van der Waals surface area contributed by atoms with E-state index in [1.807, 2.05) is 21.6 Å². The fraction of sp³-hybridized carbons (Fsp3) is 0.873. The minimum atomic E-state index is -0.250. The second-order valence-corrected chi connectivity index (χ2v) is 22.1. The Bertz CT molecular complexity index is 1190. The monoisotopic (exact) mass is 1000 g/mol. The van der Waals surface area contributed by atoms with E-state index in [0.717, 1.165) is 147 Å². The van der Waals surface area contributed by atoms with Crippen LogP contribution in [0, 0.1) is 11.8 Å². The molecule has 1 fully saturated rings. The maximum absolute atomic E-state index is 12.2. The number of allylic oxidation sites excluding steroid dienone is 4. The number of carbonyl (C=O) groups is 3. The van der Waals surface area contributed by atoms with Crippen molar-refractivity contribution in [2.24, 2.45) is 11.8 Å². The summed E-state index contributed by atoms with van der Waals surface area (Å²) in [5, 5.41) is 10.5. The molecule has 1 saturated heterocycles. The van der Waals surface area contributed by atoms with E-state index in [2.05, 4.69) is 63.9 Å². The number of carboxylic acid groups (broad SMARTS) is 1. The second kappa shape index (κ2) is 51.7. The van der Waals surface area contributed by atoms with Crippen molar-refractivity contribution in [3.63, 3.8) is 0 Å². The molecular formula is C55H104N2O9S2. The molecule has 400 valence electrons. The van der Waals surface area contributed by atoms with Crippen molar-refractivity contribution >= 4 is 40.0 Å². The first-order valence-electron chi connectivity index (χ1n) is 27.2. The molecule has 13 heteroatoms. The number of hydrogen-bond acceptors (Lipinski definition) is 12. The van der Waals surface area contributed by atoms with Crippen LogP contribution in [0.2, 0.25) is 0 Å². The largest absolute Gasteiger partial charge is 0.483 e. The van der Waals surface area contributed by atoms with Crippen molar-refractivity contribution in [2.75, 3.05) is 90.5 Å². The predicted octanol–water partition coefficient (Wildman–Crippen LogP) is 13.4. The van der Waals surface area contributed by atoms with Crippen LogP contribution in [0.25, 0.3) is 0 Å². The van der Waals surface area contributed by atoms with E-state index >= 15 is 0 Å². The van der Waals surface area contributed by atoms with Gasteiger partial charge in [-0.2, -0.15) is 0 Å². The molecule has 0 bridgehead atoms. The molecule has 11 nitrogen and oxygen atoms in total. The molecule has 2 N–H and O–H groups in total. The summed E-state index contributed by atoms with van der Waals surface area (Å²) in [4.78, 5) is 35.2. The molecule has 0 aliphatic carbocycles. The van der Waals surface area contributed by atoms with E-state index in [0.29, 0.717) is 44.5 Å². The molecule has 0 aromatic heterocycles. The molecule has 1 rings (SSSR count). The lowest BCUT2D eigenvalue weighted by atomic mass is 10.0. The molecular weight excluding hydrogens is 897 g/mol. The molecule has 0 saturated carbocycles. The number of nitrogens with one attached hydrogen (secondary N) is 1. The third kappa shape index (κ3) is 50.8. The number of ether oxygens (including phenoxy) is 5. The lowest BCUT2D eigenvalue weighted by Gasteiger charge is -2.19. The lowest BCUT2D eigenvalue weighted by Crippen LogP contribution is -2.34. The molecule has 0 radical (unpaired) electrons. The van der Waals surface area contributed by atoms with Gasteiger partial charge < -0.3 is 39.0 Å². The van der Waals surface area contributed by atoms with Crippen molar-refractivity contribution in [3.8, 4) is 0 Å². The van der Waals surface area contributed by atoms with Crippen LogP contribution in [0.4, 0.5) is 0 Å². The fourth-order valence-electron chi connectivity index (χ4n) is 7.80. The zero-order valence-corrected chi connectivity index (χ0v) is 46.2. The van der Waals surface area contributed by atoms with E-state index in [1.54, 1.807) is 0 Å². The van der Waals surface area contributed by atoms with Crippen LogP contribution < -0.4 is 5.32 Å². The predicted molar refractivity (Wildman–Crippen MR) is 289 cm³/mol. The number of esters is 2. The smallest absolute Gasteiger partial charge is 0.305 e. The number of hydrogen-bond donors (Lipinski definition) is 2. The Kier molecular flexibility index (Phi) is 50.5. The second-order valence-electron chi connectivity index (χ2n) is 19.4. The van der Waals surface area contributed by atoms with Gasteiger partial charge in [0.25, 0.3) is 6.47 Å². The van der Waals surface area contributed by atoms with Crippen LogP contribution in [0.15, 0.2) is 23.3 Å². The first kappa shape index (κ1) is 66.4. The van der Waals surface area contributed by atoms with Gasteiger partial charge in [-0.1, -0.05) is 129 Å². The van der Waals surface area contributed by atoms with E-state index in [1.165, 1.54) is 82.0 Å². The van der Waals surface area contributed by atoms with E-state index in [4.69, 9.17) is 33.6 Å². The van der Waals surface area contributed by atoms with Crippen LogP contribution in [0.1, 0.15) is 202 Å². The average Bonchev–Trinajstić information content (AvgIpc) is 3.58. The van der Waals surface area contributed by atoms with Gasteiger partial charge >= 0.3 is 11.9 Å². The van der Waals surface area contributed by atoms with Crippen LogP contribution in [-0.2, 0) is 38.1 Å². The quantitative estimate of drug-likeness (QED) is 0.0197. The zero-order valence-electron chi connectivity index (χ0n) is 44.5. The van der Waals surface area contributed by atoms with Gasteiger partial charge in [0.1, 0.15) is 0 Å². The highest BCUT2D eigenvalue weighted by Gasteiger charge is 2.12. The van der Waals surface area contributed by atoms with Crippen molar-refractivity contribution in [1.29, 1.82) is 0 Å². The van der Waals surface area contributed by atoms with Gasteiger partial charge in [-0.05, 0) is 130 Å². The Morgan fingerprint density at radius 1 is 0.603 bits per heavy atom. The SMILES string of the molecule is CC(C)=CCCC(C)CCOC(=O)CCCCCCCCCOCC(CNCCSSCCOCCN1CCCCCC1)OCCCCCCCCC(=O)OCCC(C)CCC=C(C)C.O=CO. The average molecular weight is 1000 g/mol. The molecule has 3 unspecified atom stereocenters. The molecule has 3 atom stereocenters. The third-order valence-corrected chi connectivity index (χ3v) is 14.5. The number of nitrogens with zero attached hydrogens (tertiary/aromatic N) is 1. The molecule has 0 spiro atoms. The topological polar surface area (TPSA) is 133 Å². The van der Waals surface area contributed by atoms with Crippen molar-refractivity contribution < 1.29 is 43.2 Å². The van der Waals surface area contributed by atoms with Crippen molar-refractivity contribution in [3.05, 3.63) is 23.3 Å². The summed E-state index contributed by atoms with van der Waals surface area (Å²) < 4.78 is 29.4. The maximum atomic E-state index is 12.2. The normalized spacial score (nSPS) is 14.2.